The number of hydrogen-bond donors (Lipinski definition) is 0. The molecule has 9 heteroatoms. The lowest BCUT2D eigenvalue weighted by molar-refractivity contribution is -0.506. The Hall–Kier alpha value is -2.45. The van der Waals surface area contributed by atoms with Crippen LogP contribution in [0.1, 0.15) is 24.2 Å². The first-order valence-electron chi connectivity index (χ1n) is 6.73. The van der Waals surface area contributed by atoms with E-state index in [0.717, 1.165) is 0 Å². The third-order valence-corrected chi connectivity index (χ3v) is 3.85. The molecule has 0 unspecified atom stereocenters. The number of aromatic nitrogens is 2. The van der Waals surface area contributed by atoms with Gasteiger partial charge in [0.05, 0.1) is 15.7 Å². The van der Waals surface area contributed by atoms with Crippen LogP contribution in [0.4, 0.5) is 22.0 Å². The molecular weight excluding hydrogens is 323 g/mol. The highest BCUT2D eigenvalue weighted by molar-refractivity contribution is 5.61. The molecule has 1 heterocycles. The Balaban J connectivity index is 2.37. The van der Waals surface area contributed by atoms with E-state index in [2.05, 4.69) is 0 Å². The van der Waals surface area contributed by atoms with Crippen molar-refractivity contribution in [2.45, 2.75) is 25.7 Å². The van der Waals surface area contributed by atoms with Crippen molar-refractivity contribution in [3.05, 3.63) is 56.8 Å². The number of fused-ring (bicyclic) bond motifs is 1. The van der Waals surface area contributed by atoms with Crippen molar-refractivity contribution in [3.63, 3.8) is 0 Å². The van der Waals surface area contributed by atoms with Crippen molar-refractivity contribution in [3.8, 4) is 11.3 Å². The van der Waals surface area contributed by atoms with Gasteiger partial charge in [0.25, 0.3) is 11.9 Å². The molecule has 0 amide bonds. The molecule has 1 aliphatic carbocycles. The Kier molecular flexibility index (Phi) is 3.57. The summed E-state index contributed by atoms with van der Waals surface area (Å²) < 4.78 is 67.7. The largest absolute Gasteiger partial charge is 0.805 e. The smallest absolute Gasteiger partial charge is 0.258 e. The van der Waals surface area contributed by atoms with Gasteiger partial charge >= 0.3 is 0 Å². The summed E-state index contributed by atoms with van der Waals surface area (Å²) in [5, 5.41) is 12.3. The van der Waals surface area contributed by atoms with Crippen LogP contribution in [0, 0.1) is 39.2 Å². The van der Waals surface area contributed by atoms with Crippen molar-refractivity contribution in [1.29, 1.82) is 0 Å². The van der Waals surface area contributed by atoms with Gasteiger partial charge in [-0.05, 0) is 19.3 Å². The summed E-state index contributed by atoms with van der Waals surface area (Å²) in [4.78, 5) is 11.9. The van der Waals surface area contributed by atoms with Crippen LogP contribution in [-0.4, -0.2) is 4.73 Å². The van der Waals surface area contributed by atoms with E-state index < -0.39 is 40.3 Å². The van der Waals surface area contributed by atoms with Crippen molar-refractivity contribution in [1.82, 2.24) is 4.73 Å². The maximum absolute atomic E-state index is 13.8. The first kappa shape index (κ1) is 15.4. The van der Waals surface area contributed by atoms with Gasteiger partial charge in [-0.15, -0.1) is 0 Å². The summed E-state index contributed by atoms with van der Waals surface area (Å²) in [6.45, 7) is 0. The number of nitrogens with zero attached hydrogens (tertiary/aromatic N) is 2. The summed E-state index contributed by atoms with van der Waals surface area (Å²) >= 11 is 0. The van der Waals surface area contributed by atoms with Crippen molar-refractivity contribution in [2.75, 3.05) is 0 Å². The molecular formula is C14H9F5N2O2. The van der Waals surface area contributed by atoms with Gasteiger partial charge in [0, 0.05) is 11.3 Å². The SMILES string of the molecule is O=[n+]1cc(-c2c(F)c(F)c(F)c(F)c2F)n([O-])c2c1CCCC2. The first-order valence-corrected chi connectivity index (χ1v) is 6.73. The van der Waals surface area contributed by atoms with E-state index in [1.165, 1.54) is 0 Å². The summed E-state index contributed by atoms with van der Waals surface area (Å²) in [5.74, 6) is -11.0. The predicted octanol–water partition coefficient (Wildman–Crippen LogP) is 2.99. The highest BCUT2D eigenvalue weighted by Crippen LogP contribution is 2.32. The van der Waals surface area contributed by atoms with Crippen LogP contribution in [0.15, 0.2) is 6.20 Å². The average Bonchev–Trinajstić information content (AvgIpc) is 2.56. The minimum atomic E-state index is -2.32. The Morgan fingerprint density at radius 2 is 1.43 bits per heavy atom. The Morgan fingerprint density at radius 3 is 2.04 bits per heavy atom. The van der Waals surface area contributed by atoms with Gasteiger partial charge in [-0.2, -0.15) is 0 Å². The van der Waals surface area contributed by atoms with Gasteiger partial charge in [0.15, 0.2) is 23.3 Å². The highest BCUT2D eigenvalue weighted by atomic mass is 19.2. The topological polar surface area (TPSA) is 51.0 Å². The Labute approximate surface area is 126 Å². The van der Waals surface area contributed by atoms with Gasteiger partial charge in [-0.3, -0.25) is 0 Å². The molecule has 23 heavy (non-hydrogen) atoms. The van der Waals surface area contributed by atoms with E-state index in [9.17, 15) is 32.1 Å². The molecule has 0 bridgehead atoms. The van der Waals surface area contributed by atoms with Crippen LogP contribution < -0.4 is 4.43 Å². The average molecular weight is 332 g/mol. The molecule has 1 aromatic heterocycles. The van der Waals surface area contributed by atoms with Gasteiger partial charge < -0.3 is 9.94 Å². The zero-order valence-corrected chi connectivity index (χ0v) is 11.5. The summed E-state index contributed by atoms with van der Waals surface area (Å²) in [7, 11) is 0. The third kappa shape index (κ3) is 2.18. The summed E-state index contributed by atoms with van der Waals surface area (Å²) in [6, 6.07) is 0. The van der Waals surface area contributed by atoms with E-state index in [1.807, 2.05) is 0 Å². The minimum absolute atomic E-state index is 0.0207. The van der Waals surface area contributed by atoms with E-state index in [1.54, 1.807) is 0 Å². The van der Waals surface area contributed by atoms with E-state index >= 15 is 0 Å². The van der Waals surface area contributed by atoms with Crippen molar-refractivity contribution >= 4 is 0 Å². The Bertz CT molecular complexity index is 850. The zero-order chi connectivity index (χ0) is 16.9. The van der Waals surface area contributed by atoms with Gasteiger partial charge in [0.1, 0.15) is 5.69 Å². The molecule has 0 atom stereocenters. The van der Waals surface area contributed by atoms with Crippen LogP contribution in [0.2, 0.25) is 0 Å². The second-order valence-electron chi connectivity index (χ2n) is 5.18. The molecule has 0 saturated carbocycles. The molecule has 0 radical (unpaired) electrons. The molecule has 3 rings (SSSR count). The summed E-state index contributed by atoms with van der Waals surface area (Å²) in [6.07, 6.45) is 2.27. The van der Waals surface area contributed by atoms with E-state index in [0.29, 0.717) is 25.5 Å². The van der Waals surface area contributed by atoms with Crippen LogP contribution in [0.5, 0.6) is 0 Å². The van der Waals surface area contributed by atoms with Crippen molar-refractivity contribution < 1.29 is 26.4 Å². The maximum atomic E-state index is 13.8. The monoisotopic (exact) mass is 332 g/mol. The van der Waals surface area contributed by atoms with Gasteiger partial charge in [0.2, 0.25) is 5.82 Å². The number of rotatable bonds is 1. The molecule has 0 N–H and O–H groups in total. The molecule has 2 aromatic rings. The molecule has 0 fully saturated rings. The fourth-order valence-corrected chi connectivity index (χ4v) is 2.71. The van der Waals surface area contributed by atoms with Gasteiger partial charge in [-0.1, -0.05) is 0 Å². The second kappa shape index (κ2) is 5.32. The molecule has 4 nitrogen and oxygen atoms in total. The lowest BCUT2D eigenvalue weighted by Gasteiger charge is -2.23. The Morgan fingerprint density at radius 1 is 0.913 bits per heavy atom. The lowest BCUT2D eigenvalue weighted by Crippen LogP contribution is -2.30. The molecule has 0 spiro atoms. The number of benzene rings is 1. The quantitative estimate of drug-likeness (QED) is 0.349. The highest BCUT2D eigenvalue weighted by Gasteiger charge is 2.31. The third-order valence-electron chi connectivity index (χ3n) is 3.85. The predicted molar refractivity (Wildman–Crippen MR) is 68.4 cm³/mol. The summed E-state index contributed by atoms with van der Waals surface area (Å²) in [5.41, 5.74) is -2.20. The van der Waals surface area contributed by atoms with Crippen LogP contribution in [-0.2, 0) is 12.8 Å². The molecule has 1 aliphatic rings. The van der Waals surface area contributed by atoms with E-state index in [-0.39, 0.29) is 27.0 Å². The van der Waals surface area contributed by atoms with Crippen LogP contribution >= 0.6 is 0 Å². The van der Waals surface area contributed by atoms with Gasteiger partial charge in [-0.25, -0.2) is 22.0 Å². The molecule has 1 aromatic carbocycles. The lowest BCUT2D eigenvalue weighted by atomic mass is 9.99. The molecule has 0 saturated heterocycles. The van der Waals surface area contributed by atoms with Crippen LogP contribution in [0.25, 0.3) is 11.3 Å². The zero-order valence-electron chi connectivity index (χ0n) is 11.5. The second-order valence-corrected chi connectivity index (χ2v) is 5.18. The van der Waals surface area contributed by atoms with Crippen LogP contribution in [0.3, 0.4) is 0 Å². The molecule has 122 valence electrons. The number of halogens is 5. The first-order chi connectivity index (χ1) is 10.8. The standard InChI is InChI=1S/C14H9F5N2O2/c15-10-9(11(16)13(18)14(19)12(10)17)8-5-20(22)6-3-1-2-4-7(6)21(8)23/h5H,1-4H2. The normalized spacial score (nSPS) is 14.0. The minimum Gasteiger partial charge on any atom is -0.805 e. The number of hydrogen-bond acceptors (Lipinski definition) is 2. The molecule has 0 aliphatic heterocycles. The fourth-order valence-electron chi connectivity index (χ4n) is 2.71. The maximum Gasteiger partial charge on any atom is 0.258 e. The van der Waals surface area contributed by atoms with Crippen molar-refractivity contribution in [2.24, 2.45) is 0 Å². The van der Waals surface area contributed by atoms with E-state index in [4.69, 9.17) is 0 Å². The fraction of sp³-hybridized carbons (Fsp3) is 0.286.